The van der Waals surface area contributed by atoms with Crippen LogP contribution in [-0.4, -0.2) is 17.2 Å². The molecule has 0 aromatic carbocycles. The molecule has 1 N–H and O–H groups in total. The summed E-state index contributed by atoms with van der Waals surface area (Å²) in [6.45, 7) is 6.02. The van der Waals surface area contributed by atoms with Crippen molar-refractivity contribution >= 4 is 5.97 Å². The van der Waals surface area contributed by atoms with Gasteiger partial charge in [0.25, 0.3) is 0 Å². The van der Waals surface area contributed by atoms with Crippen LogP contribution in [0.3, 0.4) is 0 Å². The van der Waals surface area contributed by atoms with Crippen molar-refractivity contribution in [2.24, 2.45) is 5.34 Å². The van der Waals surface area contributed by atoms with E-state index in [4.69, 9.17) is 5.11 Å². The molecule has 0 heterocycles. The molecule has 0 aliphatic carbocycles. The molecular weight excluding hydrogens is 234 g/mol. The Bertz CT molecular complexity index is 197. The van der Waals surface area contributed by atoms with Gasteiger partial charge in [0.05, 0.1) is 0 Å². The highest BCUT2D eigenvalue weighted by Gasteiger charge is 2.00. The summed E-state index contributed by atoms with van der Waals surface area (Å²) < 4.78 is 0. The van der Waals surface area contributed by atoms with Gasteiger partial charge in [-0.05, 0) is 26.2 Å². The first-order chi connectivity index (χ1) is 8.58. The van der Waals surface area contributed by atoms with Crippen molar-refractivity contribution in [3.63, 3.8) is 0 Å². The molecule has 0 saturated heterocycles. The molecule has 0 aliphatic heterocycles. The number of hydrogen-bond acceptors (Lipinski definition) is 4. The van der Waals surface area contributed by atoms with Crippen LogP contribution >= 0.6 is 0 Å². The summed E-state index contributed by atoms with van der Waals surface area (Å²) in [6.07, 6.45) is 7.87. The monoisotopic (exact) mass is 261 g/mol. The van der Waals surface area contributed by atoms with E-state index < -0.39 is 5.97 Å². The quantitative estimate of drug-likeness (QED) is 0.361. The van der Waals surface area contributed by atoms with Crippen LogP contribution in [0.5, 0.6) is 0 Å². The summed E-state index contributed by atoms with van der Waals surface area (Å²) in [4.78, 5) is 23.9. The van der Waals surface area contributed by atoms with E-state index in [1.165, 1.54) is 19.3 Å². The Labute approximate surface area is 110 Å². The third-order valence-corrected chi connectivity index (χ3v) is 2.43. The Balaban J connectivity index is 0. The van der Waals surface area contributed by atoms with Crippen molar-refractivity contribution in [2.45, 2.75) is 78.2 Å². The third kappa shape index (κ3) is 20.3. The third-order valence-electron chi connectivity index (χ3n) is 2.43. The van der Waals surface area contributed by atoms with E-state index in [0.29, 0.717) is 6.42 Å². The van der Waals surface area contributed by atoms with E-state index >= 15 is 0 Å². The molecule has 5 heteroatoms. The van der Waals surface area contributed by atoms with Crippen molar-refractivity contribution < 1.29 is 14.7 Å². The second kappa shape index (κ2) is 15.9. The normalized spacial score (nSPS) is 11.1. The fourth-order valence-corrected chi connectivity index (χ4v) is 1.31. The van der Waals surface area contributed by atoms with Crippen molar-refractivity contribution in [1.29, 1.82) is 0 Å². The number of rotatable bonds is 10. The minimum absolute atomic E-state index is 0.00986. The van der Waals surface area contributed by atoms with Crippen LogP contribution in [0.25, 0.3) is 0 Å². The van der Waals surface area contributed by atoms with Gasteiger partial charge in [0.1, 0.15) is 6.10 Å². The standard InChI is InChI=1S/C8H17NO2.C5H10O2/c1-3-4-5-6-7-8(2)11-9-10;1-2-3-4-5(6)7/h8H,3-7H2,1-2H3;2-4H2,1H3,(H,6,7). The predicted molar refractivity (Wildman–Crippen MR) is 72.3 cm³/mol. The molecule has 0 amide bonds. The van der Waals surface area contributed by atoms with Gasteiger partial charge < -0.3 is 9.94 Å². The molecule has 0 aromatic rings. The lowest BCUT2D eigenvalue weighted by Gasteiger charge is -2.05. The maximum absolute atomic E-state index is 9.76. The van der Waals surface area contributed by atoms with Gasteiger partial charge in [0.15, 0.2) is 5.34 Å². The average Bonchev–Trinajstić information content (AvgIpc) is 2.33. The van der Waals surface area contributed by atoms with Gasteiger partial charge in [0.2, 0.25) is 0 Å². The number of carboxylic acids is 1. The number of aliphatic carboxylic acids is 1. The summed E-state index contributed by atoms with van der Waals surface area (Å²) in [5, 5.41) is 10.4. The van der Waals surface area contributed by atoms with Crippen LogP contribution in [0.1, 0.15) is 72.1 Å². The maximum atomic E-state index is 9.76. The Morgan fingerprint density at radius 2 is 1.78 bits per heavy atom. The van der Waals surface area contributed by atoms with Gasteiger partial charge in [-0.2, -0.15) is 0 Å². The number of carbonyl (C=O) groups is 1. The highest BCUT2D eigenvalue weighted by atomic mass is 16.7. The number of unbranched alkanes of at least 4 members (excludes halogenated alkanes) is 4. The zero-order chi connectivity index (χ0) is 14.2. The molecule has 0 spiro atoms. The molecule has 0 rings (SSSR count). The average molecular weight is 261 g/mol. The zero-order valence-electron chi connectivity index (χ0n) is 11.9. The molecule has 0 fully saturated rings. The lowest BCUT2D eigenvalue weighted by molar-refractivity contribution is -0.137. The fourth-order valence-electron chi connectivity index (χ4n) is 1.31. The topological polar surface area (TPSA) is 76.0 Å². The molecule has 5 nitrogen and oxygen atoms in total. The largest absolute Gasteiger partial charge is 0.481 e. The summed E-state index contributed by atoms with van der Waals surface area (Å²) in [5.74, 6) is -0.693. The van der Waals surface area contributed by atoms with E-state index in [2.05, 4.69) is 17.1 Å². The molecule has 0 aliphatic rings. The maximum Gasteiger partial charge on any atom is 0.303 e. The van der Waals surface area contributed by atoms with Crippen LogP contribution in [-0.2, 0) is 9.63 Å². The number of hydrogen-bond donors (Lipinski definition) is 1. The summed E-state index contributed by atoms with van der Waals surface area (Å²) in [5.41, 5.74) is 0. The summed E-state index contributed by atoms with van der Waals surface area (Å²) in [7, 11) is 0. The fraction of sp³-hybridized carbons (Fsp3) is 0.923. The van der Waals surface area contributed by atoms with Crippen molar-refractivity contribution in [2.75, 3.05) is 0 Å². The molecule has 0 aromatic heterocycles. The lowest BCUT2D eigenvalue weighted by Crippen LogP contribution is -2.02. The van der Waals surface area contributed by atoms with Crippen LogP contribution in [0.2, 0.25) is 0 Å². The van der Waals surface area contributed by atoms with Crippen molar-refractivity contribution in [3.8, 4) is 0 Å². The molecule has 0 bridgehead atoms. The van der Waals surface area contributed by atoms with Gasteiger partial charge >= 0.3 is 5.97 Å². The van der Waals surface area contributed by atoms with E-state index in [1.807, 2.05) is 13.8 Å². The Hall–Kier alpha value is -1.13. The van der Waals surface area contributed by atoms with Crippen molar-refractivity contribution in [3.05, 3.63) is 4.91 Å². The van der Waals surface area contributed by atoms with Gasteiger partial charge in [-0.25, -0.2) is 0 Å². The number of carboxylic acid groups (broad SMARTS) is 1. The van der Waals surface area contributed by atoms with E-state index in [-0.39, 0.29) is 6.10 Å². The first-order valence-electron chi connectivity index (χ1n) is 6.78. The van der Waals surface area contributed by atoms with Gasteiger partial charge in [-0.15, -0.1) is 4.91 Å². The molecule has 18 heavy (non-hydrogen) atoms. The highest BCUT2D eigenvalue weighted by Crippen LogP contribution is 2.07. The molecular formula is C13H27NO4. The van der Waals surface area contributed by atoms with Crippen LogP contribution in [0.4, 0.5) is 0 Å². The van der Waals surface area contributed by atoms with Gasteiger partial charge in [-0.1, -0.05) is 39.5 Å². The molecule has 0 radical (unpaired) electrons. The smallest absolute Gasteiger partial charge is 0.303 e. The number of nitrogens with zero attached hydrogens (tertiary/aromatic N) is 1. The van der Waals surface area contributed by atoms with Crippen LogP contribution < -0.4 is 0 Å². The summed E-state index contributed by atoms with van der Waals surface area (Å²) in [6, 6.07) is 0. The lowest BCUT2D eigenvalue weighted by atomic mass is 10.1. The molecule has 1 unspecified atom stereocenters. The Morgan fingerprint density at radius 3 is 2.17 bits per heavy atom. The van der Waals surface area contributed by atoms with Crippen molar-refractivity contribution in [1.82, 2.24) is 0 Å². The predicted octanol–water partition coefficient (Wildman–Crippen LogP) is 4.30. The van der Waals surface area contributed by atoms with E-state index in [1.54, 1.807) is 0 Å². The van der Waals surface area contributed by atoms with E-state index in [9.17, 15) is 9.70 Å². The Morgan fingerprint density at radius 1 is 1.17 bits per heavy atom. The summed E-state index contributed by atoms with van der Waals surface area (Å²) >= 11 is 0. The second-order valence-corrected chi connectivity index (χ2v) is 4.34. The van der Waals surface area contributed by atoms with Crippen LogP contribution in [0.15, 0.2) is 5.34 Å². The SMILES string of the molecule is CCCCC(=O)O.CCCCCCC(C)ON=O. The first-order valence-corrected chi connectivity index (χ1v) is 6.78. The van der Waals surface area contributed by atoms with Crippen LogP contribution in [0, 0.1) is 4.91 Å². The first kappa shape index (κ1) is 19.2. The molecule has 1 atom stereocenters. The molecule has 108 valence electrons. The van der Waals surface area contributed by atoms with Gasteiger partial charge in [-0.3, -0.25) is 4.79 Å². The van der Waals surface area contributed by atoms with E-state index in [0.717, 1.165) is 25.7 Å². The minimum Gasteiger partial charge on any atom is -0.481 e. The second-order valence-electron chi connectivity index (χ2n) is 4.34. The van der Waals surface area contributed by atoms with Gasteiger partial charge in [0, 0.05) is 6.42 Å². The Kier molecular flexibility index (Phi) is 16.9. The highest BCUT2D eigenvalue weighted by molar-refractivity contribution is 5.66. The molecule has 0 saturated carbocycles. The minimum atomic E-state index is -0.693. The zero-order valence-corrected chi connectivity index (χ0v) is 11.9.